The molecule has 0 aliphatic carbocycles. The fourth-order valence-corrected chi connectivity index (χ4v) is 4.10. The molecular weight excluding hydrogens is 348 g/mol. The number of benzene rings is 2. The third-order valence-electron chi connectivity index (χ3n) is 4.12. The van der Waals surface area contributed by atoms with Crippen molar-refractivity contribution in [1.29, 1.82) is 0 Å². The van der Waals surface area contributed by atoms with Crippen molar-refractivity contribution in [3.8, 4) is 27.4 Å². The lowest BCUT2D eigenvalue weighted by molar-refractivity contribution is 0.0973. The van der Waals surface area contributed by atoms with E-state index < -0.39 is 5.91 Å². The molecule has 0 fully saturated rings. The number of fused-ring (bicyclic) bond motifs is 1. The molecule has 0 atom stereocenters. The second-order valence-corrected chi connectivity index (χ2v) is 6.84. The van der Waals surface area contributed by atoms with Crippen LogP contribution >= 0.6 is 11.3 Å². The summed E-state index contributed by atoms with van der Waals surface area (Å²) in [6.07, 6.45) is 0. The van der Waals surface area contributed by atoms with Gasteiger partial charge in [0, 0.05) is 5.56 Å². The van der Waals surface area contributed by atoms with Crippen LogP contribution in [-0.2, 0) is 0 Å². The number of amides is 1. The summed E-state index contributed by atoms with van der Waals surface area (Å²) in [5.74, 6) is 0.815. The molecule has 0 radical (unpaired) electrons. The van der Waals surface area contributed by atoms with Gasteiger partial charge in [0.05, 0.1) is 17.4 Å². The molecule has 0 saturated carbocycles. The summed E-state index contributed by atoms with van der Waals surface area (Å²) in [5, 5.41) is 0.673. The average molecular weight is 364 g/mol. The number of aromatic nitrogens is 1. The van der Waals surface area contributed by atoms with Gasteiger partial charge in [-0.25, -0.2) is 4.98 Å². The first-order valence-corrected chi connectivity index (χ1v) is 8.83. The van der Waals surface area contributed by atoms with Crippen LogP contribution in [0.4, 0.5) is 0 Å². The summed E-state index contributed by atoms with van der Waals surface area (Å²) in [5.41, 5.74) is 8.97. The molecule has 0 aliphatic heterocycles. The highest BCUT2D eigenvalue weighted by molar-refractivity contribution is 7.22. The van der Waals surface area contributed by atoms with Crippen LogP contribution in [-0.4, -0.2) is 18.0 Å². The third-order valence-corrected chi connectivity index (χ3v) is 5.24. The van der Waals surface area contributed by atoms with E-state index in [0.717, 1.165) is 21.3 Å². The third kappa shape index (κ3) is 2.64. The zero-order chi connectivity index (χ0) is 18.3. The minimum atomic E-state index is -0.609. The first-order valence-electron chi connectivity index (χ1n) is 8.02. The molecule has 0 spiro atoms. The van der Waals surface area contributed by atoms with Crippen LogP contribution in [0.3, 0.4) is 0 Å². The van der Waals surface area contributed by atoms with E-state index in [-0.39, 0.29) is 5.76 Å². The Morgan fingerprint density at radius 3 is 2.62 bits per heavy atom. The Morgan fingerprint density at radius 1 is 1.15 bits per heavy atom. The van der Waals surface area contributed by atoms with Gasteiger partial charge < -0.3 is 14.9 Å². The van der Waals surface area contributed by atoms with Gasteiger partial charge >= 0.3 is 0 Å². The highest BCUT2D eigenvalue weighted by atomic mass is 32.1. The highest BCUT2D eigenvalue weighted by Gasteiger charge is 2.21. The zero-order valence-electron chi connectivity index (χ0n) is 14.3. The fourth-order valence-electron chi connectivity index (χ4n) is 2.96. The van der Waals surface area contributed by atoms with Gasteiger partial charge in [0.25, 0.3) is 5.91 Å². The Hall–Kier alpha value is -3.12. The number of carbonyl (C=O) groups excluding carboxylic acids is 1. The molecule has 2 aromatic carbocycles. The molecule has 130 valence electrons. The monoisotopic (exact) mass is 364 g/mol. The van der Waals surface area contributed by atoms with E-state index in [9.17, 15) is 4.79 Å². The molecule has 0 bridgehead atoms. The van der Waals surface area contributed by atoms with Crippen LogP contribution in [0.5, 0.6) is 5.75 Å². The van der Waals surface area contributed by atoms with Crippen LogP contribution < -0.4 is 10.5 Å². The Balaban J connectivity index is 1.99. The van der Waals surface area contributed by atoms with Crippen molar-refractivity contribution in [3.05, 3.63) is 60.1 Å². The second kappa shape index (κ2) is 6.31. The van der Waals surface area contributed by atoms with E-state index in [1.165, 1.54) is 11.3 Å². The maximum absolute atomic E-state index is 11.7. The molecule has 0 aliphatic rings. The summed E-state index contributed by atoms with van der Waals surface area (Å²) in [6.45, 7) is 1.78. The van der Waals surface area contributed by atoms with Gasteiger partial charge in [-0.15, -0.1) is 11.3 Å². The fraction of sp³-hybridized carbons (Fsp3) is 0.100. The summed E-state index contributed by atoms with van der Waals surface area (Å²) in [7, 11) is 1.62. The largest absolute Gasteiger partial charge is 0.494 e. The number of primary amides is 1. The number of nitrogens with two attached hydrogens (primary N) is 1. The number of thiazole rings is 1. The number of aryl methyl sites for hydroxylation is 1. The first kappa shape index (κ1) is 16.4. The number of nitrogens with zero attached hydrogens (tertiary/aromatic N) is 1. The van der Waals surface area contributed by atoms with E-state index in [2.05, 4.69) is 12.1 Å². The van der Waals surface area contributed by atoms with Crippen molar-refractivity contribution in [2.24, 2.45) is 5.73 Å². The minimum absolute atomic E-state index is 0.127. The van der Waals surface area contributed by atoms with Crippen LogP contribution in [0.25, 0.3) is 31.9 Å². The summed E-state index contributed by atoms with van der Waals surface area (Å²) in [4.78, 5) is 16.4. The predicted molar refractivity (Wildman–Crippen MR) is 103 cm³/mol. The first-order chi connectivity index (χ1) is 12.6. The molecule has 4 rings (SSSR count). The van der Waals surface area contributed by atoms with Crippen molar-refractivity contribution in [2.45, 2.75) is 6.92 Å². The Labute approximate surface area is 154 Å². The molecule has 4 aromatic rings. The van der Waals surface area contributed by atoms with Gasteiger partial charge in [0.15, 0.2) is 0 Å². The van der Waals surface area contributed by atoms with E-state index in [1.54, 1.807) is 20.1 Å². The molecule has 2 heterocycles. The topological polar surface area (TPSA) is 78.4 Å². The van der Waals surface area contributed by atoms with Crippen molar-refractivity contribution in [3.63, 3.8) is 0 Å². The standard InChI is InChI=1S/C20H16N2O3S/c1-11-10-14(17(25-11)19(21)23)20-22-16-15(24-2)9-8-13(18(16)26-20)12-6-4-3-5-7-12/h3-10H,1-2H3,(H2,21,23). The molecule has 6 heteroatoms. The molecule has 1 amide bonds. The van der Waals surface area contributed by atoms with Gasteiger partial charge in [-0.2, -0.15) is 0 Å². The number of carbonyl (C=O) groups is 1. The number of rotatable bonds is 4. The Kier molecular flexibility index (Phi) is 3.97. The minimum Gasteiger partial charge on any atom is -0.494 e. The maximum Gasteiger partial charge on any atom is 0.285 e. The quantitative estimate of drug-likeness (QED) is 0.572. The van der Waals surface area contributed by atoms with E-state index in [0.29, 0.717) is 22.1 Å². The van der Waals surface area contributed by atoms with Crippen LogP contribution in [0.1, 0.15) is 16.3 Å². The zero-order valence-corrected chi connectivity index (χ0v) is 15.1. The van der Waals surface area contributed by atoms with Crippen LogP contribution in [0.2, 0.25) is 0 Å². The van der Waals surface area contributed by atoms with Gasteiger partial charge in [0.2, 0.25) is 5.76 Å². The normalized spacial score (nSPS) is 11.0. The van der Waals surface area contributed by atoms with Crippen molar-refractivity contribution in [2.75, 3.05) is 7.11 Å². The maximum atomic E-state index is 11.7. The van der Waals surface area contributed by atoms with Gasteiger partial charge in [0.1, 0.15) is 22.0 Å². The molecule has 0 saturated heterocycles. The van der Waals surface area contributed by atoms with Crippen molar-refractivity contribution in [1.82, 2.24) is 4.98 Å². The number of hydrogen-bond donors (Lipinski definition) is 1. The second-order valence-electron chi connectivity index (χ2n) is 5.84. The molecular formula is C20H16N2O3S. The summed E-state index contributed by atoms with van der Waals surface area (Å²) >= 11 is 1.49. The molecule has 2 N–H and O–H groups in total. The Morgan fingerprint density at radius 2 is 1.92 bits per heavy atom. The van der Waals surface area contributed by atoms with E-state index >= 15 is 0 Å². The van der Waals surface area contributed by atoms with Crippen molar-refractivity contribution >= 4 is 27.5 Å². The number of hydrogen-bond acceptors (Lipinski definition) is 5. The lowest BCUT2D eigenvalue weighted by Gasteiger charge is -2.05. The van der Waals surface area contributed by atoms with Crippen molar-refractivity contribution < 1.29 is 13.9 Å². The lowest BCUT2D eigenvalue weighted by atomic mass is 10.1. The SMILES string of the molecule is COc1ccc(-c2ccccc2)c2sc(-c3cc(C)oc3C(N)=O)nc12. The molecule has 0 unspecified atom stereocenters. The average Bonchev–Trinajstić information content (AvgIpc) is 3.25. The number of methoxy groups -OCH3 is 1. The summed E-state index contributed by atoms with van der Waals surface area (Å²) in [6, 6.07) is 15.8. The Bertz CT molecular complexity index is 1110. The predicted octanol–water partition coefficient (Wildman–Crippen LogP) is 4.64. The van der Waals surface area contributed by atoms with Gasteiger partial charge in [-0.05, 0) is 30.7 Å². The van der Waals surface area contributed by atoms with Gasteiger partial charge in [-0.3, -0.25) is 4.79 Å². The van der Waals surface area contributed by atoms with E-state index in [4.69, 9.17) is 19.9 Å². The highest BCUT2D eigenvalue weighted by Crippen LogP contribution is 2.42. The number of furan rings is 1. The molecule has 26 heavy (non-hydrogen) atoms. The molecule has 5 nitrogen and oxygen atoms in total. The van der Waals surface area contributed by atoms with E-state index in [1.807, 2.05) is 30.3 Å². The number of ether oxygens (including phenoxy) is 1. The smallest absolute Gasteiger partial charge is 0.285 e. The molecule has 2 aromatic heterocycles. The summed E-state index contributed by atoms with van der Waals surface area (Å²) < 4.78 is 11.9. The van der Waals surface area contributed by atoms with Crippen LogP contribution in [0, 0.1) is 6.92 Å². The lowest BCUT2D eigenvalue weighted by Crippen LogP contribution is -2.10. The van der Waals surface area contributed by atoms with Gasteiger partial charge in [-0.1, -0.05) is 30.3 Å². The van der Waals surface area contributed by atoms with Crippen LogP contribution in [0.15, 0.2) is 52.9 Å².